The van der Waals surface area contributed by atoms with Gasteiger partial charge in [0.2, 0.25) is 0 Å². The Labute approximate surface area is 282 Å². The third-order valence-electron chi connectivity index (χ3n) is 5.38. The standard InChI is InChI=1S/C11H16N2O3.C11H16N2O2.C6H8N2O.C6H8N2/c1-11(2,3)16-10(14)12-8-9-4-6-13(15)7-5-9;1-11(2,3)15-10(14)13-8-9-4-6-12-7-5-9;7-5-6-1-3-8(9)4-2-6;7-5-6-1-3-8-4-2-6/h4-7H,8H2,1-3H3,(H,12,14);4-7H,8H2,1-3H3,(H,13,14);1-4H,5,7H2;1-4H,5,7H2. The summed E-state index contributed by atoms with van der Waals surface area (Å²) in [7, 11) is 0. The smallest absolute Gasteiger partial charge is 0.407 e. The maximum Gasteiger partial charge on any atom is 0.407 e. The number of rotatable bonds is 6. The Balaban J connectivity index is 0.000000332. The van der Waals surface area contributed by atoms with Gasteiger partial charge in [-0.3, -0.25) is 9.97 Å². The van der Waals surface area contributed by atoms with Gasteiger partial charge < -0.3 is 42.0 Å². The van der Waals surface area contributed by atoms with Crippen LogP contribution in [0.15, 0.2) is 98.1 Å². The van der Waals surface area contributed by atoms with E-state index in [2.05, 4.69) is 20.6 Å². The molecule has 0 saturated heterocycles. The van der Waals surface area contributed by atoms with Crippen LogP contribution >= 0.6 is 0 Å². The van der Waals surface area contributed by atoms with Gasteiger partial charge in [-0.2, -0.15) is 9.46 Å². The lowest BCUT2D eigenvalue weighted by Crippen LogP contribution is -2.32. The third kappa shape index (κ3) is 21.4. The van der Waals surface area contributed by atoms with Crippen LogP contribution in [0.2, 0.25) is 0 Å². The van der Waals surface area contributed by atoms with Crippen LogP contribution in [-0.4, -0.2) is 33.4 Å². The van der Waals surface area contributed by atoms with Crippen molar-refractivity contribution in [2.45, 2.75) is 78.9 Å². The Kier molecular flexibility index (Phi) is 18.2. The fourth-order valence-corrected chi connectivity index (χ4v) is 3.14. The highest BCUT2D eigenvalue weighted by molar-refractivity contribution is 5.68. The number of hydrogen-bond donors (Lipinski definition) is 4. The lowest BCUT2D eigenvalue weighted by molar-refractivity contribution is -0.605. The quantitative estimate of drug-likeness (QED) is 0.173. The van der Waals surface area contributed by atoms with E-state index in [1.54, 1.807) is 69.8 Å². The zero-order valence-electron chi connectivity index (χ0n) is 28.5. The molecule has 0 fully saturated rings. The van der Waals surface area contributed by atoms with Crippen molar-refractivity contribution in [1.82, 2.24) is 20.6 Å². The van der Waals surface area contributed by atoms with E-state index in [1.807, 2.05) is 45.0 Å². The SMILES string of the molecule is CC(C)(C)OC(=O)NCc1cc[n+]([O-])cc1.CC(C)(C)OC(=O)NCc1ccncc1.NCc1cc[n+]([O-])cc1.NCc1ccncc1. The summed E-state index contributed by atoms with van der Waals surface area (Å²) in [6, 6.07) is 14.2. The first kappa shape index (κ1) is 40.7. The number of alkyl carbamates (subject to hydrolysis) is 2. The highest BCUT2D eigenvalue weighted by Crippen LogP contribution is 2.07. The van der Waals surface area contributed by atoms with Crippen LogP contribution < -0.4 is 31.6 Å². The Morgan fingerprint density at radius 2 is 0.896 bits per heavy atom. The van der Waals surface area contributed by atoms with Crippen molar-refractivity contribution in [3.63, 3.8) is 0 Å². The average Bonchev–Trinajstić information content (AvgIpc) is 3.04. The van der Waals surface area contributed by atoms with Crippen molar-refractivity contribution in [2.24, 2.45) is 11.5 Å². The molecule has 0 aliphatic rings. The van der Waals surface area contributed by atoms with Crippen LogP contribution in [0.5, 0.6) is 0 Å². The molecule has 0 atom stereocenters. The number of pyridine rings is 4. The molecule has 0 saturated carbocycles. The molecule has 0 radical (unpaired) electrons. The number of carbonyl (C=O) groups excluding carboxylic acids is 2. The lowest BCUT2D eigenvalue weighted by Gasteiger charge is -2.19. The molecule has 6 N–H and O–H groups in total. The van der Waals surface area contributed by atoms with E-state index >= 15 is 0 Å². The topological polar surface area (TPSA) is 208 Å². The van der Waals surface area contributed by atoms with Crippen molar-refractivity contribution in [3.8, 4) is 0 Å². The van der Waals surface area contributed by atoms with Gasteiger partial charge in [-0.15, -0.1) is 0 Å². The molecule has 4 aromatic heterocycles. The van der Waals surface area contributed by atoms with Gasteiger partial charge in [0, 0.05) is 75.2 Å². The van der Waals surface area contributed by atoms with Gasteiger partial charge in [0.15, 0.2) is 24.8 Å². The van der Waals surface area contributed by atoms with E-state index in [4.69, 9.17) is 20.9 Å². The normalized spacial score (nSPS) is 10.3. The van der Waals surface area contributed by atoms with E-state index in [1.165, 1.54) is 24.8 Å². The van der Waals surface area contributed by atoms with Crippen LogP contribution in [0.25, 0.3) is 0 Å². The maximum absolute atomic E-state index is 11.3. The number of nitrogens with two attached hydrogens (primary N) is 2. The summed E-state index contributed by atoms with van der Waals surface area (Å²) in [5.41, 5.74) is 13.6. The molecule has 0 aromatic carbocycles. The molecule has 4 aromatic rings. The van der Waals surface area contributed by atoms with Crippen LogP contribution in [0.4, 0.5) is 9.59 Å². The van der Waals surface area contributed by atoms with E-state index in [0.29, 0.717) is 30.9 Å². The molecule has 4 heterocycles. The first-order valence-corrected chi connectivity index (χ1v) is 15.1. The maximum atomic E-state index is 11.3. The number of amides is 2. The minimum atomic E-state index is -0.501. The van der Waals surface area contributed by atoms with Crippen LogP contribution in [0.1, 0.15) is 63.8 Å². The zero-order valence-corrected chi connectivity index (χ0v) is 28.5. The minimum Gasteiger partial charge on any atom is -0.619 e. The third-order valence-corrected chi connectivity index (χ3v) is 5.38. The number of ether oxygens (including phenoxy) is 2. The fourth-order valence-electron chi connectivity index (χ4n) is 3.14. The summed E-state index contributed by atoms with van der Waals surface area (Å²) < 4.78 is 11.6. The van der Waals surface area contributed by atoms with Crippen molar-refractivity contribution < 1.29 is 28.5 Å². The first-order chi connectivity index (χ1) is 22.6. The first-order valence-electron chi connectivity index (χ1n) is 15.1. The zero-order chi connectivity index (χ0) is 36.0. The van der Waals surface area contributed by atoms with Gasteiger partial charge in [-0.25, -0.2) is 9.59 Å². The van der Waals surface area contributed by atoms with Crippen molar-refractivity contribution >= 4 is 12.2 Å². The highest BCUT2D eigenvalue weighted by atomic mass is 16.6. The van der Waals surface area contributed by atoms with E-state index in [-0.39, 0.29) is 0 Å². The van der Waals surface area contributed by atoms with Gasteiger partial charge >= 0.3 is 12.2 Å². The molecule has 14 nitrogen and oxygen atoms in total. The molecule has 0 aliphatic carbocycles. The van der Waals surface area contributed by atoms with Crippen LogP contribution in [0.3, 0.4) is 0 Å². The molecule has 2 amide bonds. The number of carbonyl (C=O) groups is 2. The van der Waals surface area contributed by atoms with Gasteiger partial charge in [0.25, 0.3) is 0 Å². The van der Waals surface area contributed by atoms with Gasteiger partial charge in [0.05, 0.1) is 0 Å². The highest BCUT2D eigenvalue weighted by Gasteiger charge is 2.16. The van der Waals surface area contributed by atoms with Gasteiger partial charge in [-0.05, 0) is 88.1 Å². The fraction of sp³-hybridized carbons (Fsp3) is 0.353. The molecule has 0 spiro atoms. The predicted molar refractivity (Wildman–Crippen MR) is 181 cm³/mol. The van der Waals surface area contributed by atoms with Crippen molar-refractivity contribution in [1.29, 1.82) is 0 Å². The Morgan fingerprint density at radius 1 is 0.604 bits per heavy atom. The summed E-state index contributed by atoms with van der Waals surface area (Å²) in [6.45, 7) is 12.8. The van der Waals surface area contributed by atoms with Gasteiger partial charge in [-0.1, -0.05) is 0 Å². The summed E-state index contributed by atoms with van der Waals surface area (Å²) >= 11 is 0. The molecular formula is C34H48N8O6. The average molecular weight is 665 g/mol. The summed E-state index contributed by atoms with van der Waals surface area (Å²) in [6.07, 6.45) is 11.6. The Hall–Kier alpha value is -5.34. The summed E-state index contributed by atoms with van der Waals surface area (Å²) in [5, 5.41) is 26.4. The van der Waals surface area contributed by atoms with Crippen molar-refractivity contribution in [3.05, 3.63) is 131 Å². The summed E-state index contributed by atoms with van der Waals surface area (Å²) in [5.74, 6) is 0. The number of hydrogen-bond acceptors (Lipinski definition) is 10. The second-order valence-electron chi connectivity index (χ2n) is 12.0. The monoisotopic (exact) mass is 664 g/mol. The van der Waals surface area contributed by atoms with Crippen molar-refractivity contribution in [2.75, 3.05) is 0 Å². The second kappa shape index (κ2) is 21.5. The number of aromatic nitrogens is 4. The second-order valence-corrected chi connectivity index (χ2v) is 12.0. The molecular weight excluding hydrogens is 616 g/mol. The van der Waals surface area contributed by atoms with Gasteiger partial charge in [0.1, 0.15) is 11.2 Å². The van der Waals surface area contributed by atoms with E-state index < -0.39 is 23.4 Å². The van der Waals surface area contributed by atoms with Crippen LogP contribution in [0, 0.1) is 10.4 Å². The minimum absolute atomic E-state index is 0.343. The molecule has 0 aliphatic heterocycles. The molecule has 14 heteroatoms. The number of nitrogens with one attached hydrogen (secondary N) is 2. The lowest BCUT2D eigenvalue weighted by atomic mass is 10.2. The molecule has 260 valence electrons. The molecule has 4 rings (SSSR count). The molecule has 0 unspecified atom stereocenters. The molecule has 0 bridgehead atoms. The van der Waals surface area contributed by atoms with Crippen LogP contribution in [-0.2, 0) is 35.7 Å². The van der Waals surface area contributed by atoms with E-state index in [0.717, 1.165) is 27.0 Å². The Bertz CT molecular complexity index is 1450. The Morgan fingerprint density at radius 3 is 1.21 bits per heavy atom. The molecule has 48 heavy (non-hydrogen) atoms. The predicted octanol–water partition coefficient (Wildman–Crippen LogP) is 3.77. The summed E-state index contributed by atoms with van der Waals surface area (Å²) in [4.78, 5) is 30.3. The largest absolute Gasteiger partial charge is 0.619 e. The van der Waals surface area contributed by atoms with E-state index in [9.17, 15) is 20.0 Å². The number of nitrogens with zero attached hydrogens (tertiary/aromatic N) is 4.